The lowest BCUT2D eigenvalue weighted by atomic mass is 10.3. The number of aliphatic hydroxyl groups is 1. The second-order valence-electron chi connectivity index (χ2n) is 3.43. The van der Waals surface area contributed by atoms with E-state index in [2.05, 4.69) is 22.2 Å². The molecule has 0 unspecified atom stereocenters. The van der Waals surface area contributed by atoms with Crippen LogP contribution in [-0.2, 0) is 6.42 Å². The van der Waals surface area contributed by atoms with E-state index >= 15 is 0 Å². The number of nitrogens with one attached hydrogen (secondary N) is 1. The minimum absolute atomic E-state index is 0.235. The van der Waals surface area contributed by atoms with Crippen LogP contribution in [0.4, 0.5) is 5.82 Å². The normalized spacial score (nSPS) is 10.4. The van der Waals surface area contributed by atoms with Crippen molar-refractivity contribution in [2.24, 2.45) is 0 Å². The molecule has 1 aromatic heterocycles. The molecule has 0 aromatic carbocycles. The zero-order valence-electron chi connectivity index (χ0n) is 9.86. The van der Waals surface area contributed by atoms with E-state index in [1.807, 2.05) is 13.1 Å². The highest BCUT2D eigenvalue weighted by atomic mass is 32.2. The Balaban J connectivity index is 2.69. The average molecular weight is 241 g/mol. The summed E-state index contributed by atoms with van der Waals surface area (Å²) in [6.07, 6.45) is 2.75. The Morgan fingerprint density at radius 1 is 1.44 bits per heavy atom. The van der Waals surface area contributed by atoms with Crippen LogP contribution in [0.5, 0.6) is 0 Å². The van der Waals surface area contributed by atoms with Crippen molar-refractivity contribution in [3.63, 3.8) is 0 Å². The van der Waals surface area contributed by atoms with Crippen molar-refractivity contribution in [3.8, 4) is 0 Å². The SMILES string of the molecule is CCCc1nc(NC)cc(SCCCO)n1. The van der Waals surface area contributed by atoms with Crippen LogP contribution < -0.4 is 5.32 Å². The lowest BCUT2D eigenvalue weighted by Crippen LogP contribution is -2.01. The first-order valence-electron chi connectivity index (χ1n) is 5.59. The Bertz CT molecular complexity index is 320. The molecule has 2 N–H and O–H groups in total. The standard InChI is InChI=1S/C11H19N3OS/c1-3-5-9-13-10(12-2)8-11(14-9)16-7-4-6-15/h8,15H,3-7H2,1-2H3,(H,12,13,14). The monoisotopic (exact) mass is 241 g/mol. The molecular weight excluding hydrogens is 222 g/mol. The summed E-state index contributed by atoms with van der Waals surface area (Å²) in [5.74, 6) is 2.65. The van der Waals surface area contributed by atoms with Gasteiger partial charge in [-0.3, -0.25) is 0 Å². The molecule has 0 aliphatic rings. The average Bonchev–Trinajstić information content (AvgIpc) is 2.29. The molecule has 4 nitrogen and oxygen atoms in total. The lowest BCUT2D eigenvalue weighted by Gasteiger charge is -2.06. The van der Waals surface area contributed by atoms with Crippen LogP contribution in [0.15, 0.2) is 11.1 Å². The second kappa shape index (κ2) is 7.46. The van der Waals surface area contributed by atoms with Gasteiger partial charge in [-0.1, -0.05) is 6.92 Å². The van der Waals surface area contributed by atoms with Gasteiger partial charge < -0.3 is 10.4 Å². The maximum Gasteiger partial charge on any atom is 0.132 e. The smallest absolute Gasteiger partial charge is 0.132 e. The van der Waals surface area contributed by atoms with E-state index in [4.69, 9.17) is 5.11 Å². The van der Waals surface area contributed by atoms with Crippen LogP contribution >= 0.6 is 11.8 Å². The number of hydrogen-bond donors (Lipinski definition) is 2. The third-order valence-electron chi connectivity index (χ3n) is 2.03. The molecule has 1 aromatic rings. The fourth-order valence-electron chi connectivity index (χ4n) is 1.25. The molecule has 0 fully saturated rings. The molecule has 1 heterocycles. The summed E-state index contributed by atoms with van der Waals surface area (Å²) < 4.78 is 0. The summed E-state index contributed by atoms with van der Waals surface area (Å²) in [6, 6.07) is 1.95. The third-order valence-corrected chi connectivity index (χ3v) is 3.03. The van der Waals surface area contributed by atoms with Gasteiger partial charge in [0.2, 0.25) is 0 Å². The Kier molecular flexibility index (Phi) is 6.18. The summed E-state index contributed by atoms with van der Waals surface area (Å²) in [5, 5.41) is 12.8. The van der Waals surface area contributed by atoms with Gasteiger partial charge in [0.1, 0.15) is 16.7 Å². The van der Waals surface area contributed by atoms with Crippen LogP contribution in [-0.4, -0.2) is 34.5 Å². The predicted molar refractivity (Wildman–Crippen MR) is 68.0 cm³/mol. The van der Waals surface area contributed by atoms with Crippen molar-refractivity contribution < 1.29 is 5.11 Å². The first kappa shape index (κ1) is 13.3. The number of nitrogens with zero attached hydrogens (tertiary/aromatic N) is 2. The van der Waals surface area contributed by atoms with Gasteiger partial charge in [0.15, 0.2) is 0 Å². The first-order valence-corrected chi connectivity index (χ1v) is 6.58. The molecule has 1 rings (SSSR count). The molecule has 0 spiro atoms. The number of anilines is 1. The largest absolute Gasteiger partial charge is 0.396 e. The van der Waals surface area contributed by atoms with Crippen molar-refractivity contribution >= 4 is 17.6 Å². The van der Waals surface area contributed by atoms with Crippen molar-refractivity contribution in [1.29, 1.82) is 0 Å². The van der Waals surface area contributed by atoms with Gasteiger partial charge in [0, 0.05) is 31.9 Å². The van der Waals surface area contributed by atoms with Crippen LogP contribution in [0, 0.1) is 0 Å². The highest BCUT2D eigenvalue weighted by Crippen LogP contribution is 2.19. The lowest BCUT2D eigenvalue weighted by molar-refractivity contribution is 0.296. The van der Waals surface area contributed by atoms with Gasteiger partial charge >= 0.3 is 0 Å². The van der Waals surface area contributed by atoms with E-state index in [1.54, 1.807) is 11.8 Å². The minimum Gasteiger partial charge on any atom is -0.396 e. The molecule has 0 aliphatic carbocycles. The van der Waals surface area contributed by atoms with Gasteiger partial charge in [0.25, 0.3) is 0 Å². The van der Waals surface area contributed by atoms with Gasteiger partial charge in [-0.2, -0.15) is 0 Å². The third kappa shape index (κ3) is 4.37. The van der Waals surface area contributed by atoms with Gasteiger partial charge in [-0.05, 0) is 12.8 Å². The fourth-order valence-corrected chi connectivity index (χ4v) is 2.10. The summed E-state index contributed by atoms with van der Waals surface area (Å²) in [5.41, 5.74) is 0. The van der Waals surface area contributed by atoms with E-state index < -0.39 is 0 Å². The number of aromatic nitrogens is 2. The van der Waals surface area contributed by atoms with Gasteiger partial charge in [-0.15, -0.1) is 11.8 Å². The number of aryl methyl sites for hydroxylation is 1. The number of thioether (sulfide) groups is 1. The zero-order valence-corrected chi connectivity index (χ0v) is 10.7. The first-order chi connectivity index (χ1) is 7.80. The molecule has 0 radical (unpaired) electrons. The van der Waals surface area contributed by atoms with Crippen molar-refractivity contribution in [3.05, 3.63) is 11.9 Å². The van der Waals surface area contributed by atoms with E-state index in [0.29, 0.717) is 0 Å². The molecule has 90 valence electrons. The van der Waals surface area contributed by atoms with Gasteiger partial charge in [0.05, 0.1) is 0 Å². The summed E-state index contributed by atoms with van der Waals surface area (Å²) in [7, 11) is 1.86. The molecular formula is C11H19N3OS. The molecule has 0 aliphatic heterocycles. The van der Waals surface area contributed by atoms with E-state index in [1.165, 1.54) is 0 Å². The predicted octanol–water partition coefficient (Wildman–Crippen LogP) is 1.95. The van der Waals surface area contributed by atoms with Crippen molar-refractivity contribution in [1.82, 2.24) is 9.97 Å². The molecule has 0 atom stereocenters. The van der Waals surface area contributed by atoms with Crippen molar-refractivity contribution in [2.75, 3.05) is 24.7 Å². The van der Waals surface area contributed by atoms with Crippen LogP contribution in [0.3, 0.4) is 0 Å². The zero-order chi connectivity index (χ0) is 11.8. The minimum atomic E-state index is 0.235. The highest BCUT2D eigenvalue weighted by Gasteiger charge is 2.03. The molecule has 0 bridgehead atoms. The maximum absolute atomic E-state index is 8.73. The van der Waals surface area contributed by atoms with Gasteiger partial charge in [-0.25, -0.2) is 9.97 Å². The van der Waals surface area contributed by atoms with E-state index in [-0.39, 0.29) is 6.61 Å². The molecule has 0 amide bonds. The van der Waals surface area contributed by atoms with Crippen LogP contribution in [0.25, 0.3) is 0 Å². The van der Waals surface area contributed by atoms with Crippen LogP contribution in [0.2, 0.25) is 0 Å². The van der Waals surface area contributed by atoms with Crippen LogP contribution in [0.1, 0.15) is 25.6 Å². The Labute approximate surface area is 101 Å². The summed E-state index contributed by atoms with van der Waals surface area (Å²) >= 11 is 1.66. The molecule has 0 saturated carbocycles. The Morgan fingerprint density at radius 3 is 2.88 bits per heavy atom. The molecule has 0 saturated heterocycles. The number of aliphatic hydroxyl groups excluding tert-OH is 1. The number of hydrogen-bond acceptors (Lipinski definition) is 5. The summed E-state index contributed by atoms with van der Waals surface area (Å²) in [6.45, 7) is 2.35. The topological polar surface area (TPSA) is 58.0 Å². The molecule has 16 heavy (non-hydrogen) atoms. The fraction of sp³-hybridized carbons (Fsp3) is 0.636. The summed E-state index contributed by atoms with van der Waals surface area (Å²) in [4.78, 5) is 8.86. The maximum atomic E-state index is 8.73. The van der Waals surface area contributed by atoms with E-state index in [0.717, 1.165) is 41.7 Å². The number of rotatable bonds is 7. The van der Waals surface area contributed by atoms with Crippen molar-refractivity contribution in [2.45, 2.75) is 31.2 Å². The quantitative estimate of drug-likeness (QED) is 0.434. The highest BCUT2D eigenvalue weighted by molar-refractivity contribution is 7.99. The molecule has 5 heteroatoms. The Hall–Kier alpha value is -0.810. The van der Waals surface area contributed by atoms with E-state index in [9.17, 15) is 0 Å². The second-order valence-corrected chi connectivity index (χ2v) is 4.55. The Morgan fingerprint density at radius 2 is 2.25 bits per heavy atom.